The molecule has 1 aromatic carbocycles. The number of carbonyl (C=O) groups is 1. The van der Waals surface area contributed by atoms with Crippen molar-refractivity contribution >= 4 is 17.4 Å². The Hall–Kier alpha value is -0.860. The number of piperidine rings is 1. The fourth-order valence-corrected chi connectivity index (χ4v) is 3.38. The number of fused-ring (bicyclic) bond motifs is 2. The SMILES string of the molecule is O=C1CC2CCC(C1)N2Cc1cccc(Cl)c1. The third-order valence-electron chi connectivity index (χ3n) is 3.95. The largest absolute Gasteiger partial charge is 0.300 e. The van der Waals surface area contributed by atoms with Crippen molar-refractivity contribution in [2.45, 2.75) is 44.3 Å². The topological polar surface area (TPSA) is 20.3 Å². The van der Waals surface area contributed by atoms with E-state index in [0.717, 1.165) is 24.4 Å². The van der Waals surface area contributed by atoms with Crippen molar-refractivity contribution in [3.63, 3.8) is 0 Å². The zero-order valence-electron chi connectivity index (χ0n) is 9.73. The van der Waals surface area contributed by atoms with Gasteiger partial charge in [-0.2, -0.15) is 0 Å². The molecule has 2 atom stereocenters. The lowest BCUT2D eigenvalue weighted by molar-refractivity contribution is -0.123. The van der Waals surface area contributed by atoms with Gasteiger partial charge in [-0.15, -0.1) is 0 Å². The van der Waals surface area contributed by atoms with E-state index in [-0.39, 0.29) is 0 Å². The predicted octanol–water partition coefficient (Wildman–Crippen LogP) is 3.04. The second kappa shape index (κ2) is 4.43. The van der Waals surface area contributed by atoms with Crippen molar-refractivity contribution in [2.75, 3.05) is 0 Å². The third kappa shape index (κ3) is 2.24. The lowest BCUT2D eigenvalue weighted by atomic mass is 10.0. The van der Waals surface area contributed by atoms with Gasteiger partial charge in [0.15, 0.2) is 0 Å². The number of Topliss-reactive ketones (excluding diaryl/α,β-unsaturated/α-hetero) is 1. The smallest absolute Gasteiger partial charge is 0.136 e. The molecule has 0 amide bonds. The number of hydrogen-bond donors (Lipinski definition) is 0. The van der Waals surface area contributed by atoms with Gasteiger partial charge in [0.2, 0.25) is 0 Å². The number of benzene rings is 1. The monoisotopic (exact) mass is 249 g/mol. The maximum absolute atomic E-state index is 11.5. The van der Waals surface area contributed by atoms with E-state index in [1.807, 2.05) is 18.2 Å². The highest BCUT2D eigenvalue weighted by Crippen LogP contribution is 2.35. The number of halogens is 1. The fraction of sp³-hybridized carbons (Fsp3) is 0.500. The van der Waals surface area contributed by atoms with Crippen LogP contribution in [0.3, 0.4) is 0 Å². The molecule has 0 aliphatic carbocycles. The van der Waals surface area contributed by atoms with Crippen LogP contribution in [0.1, 0.15) is 31.2 Å². The number of nitrogens with zero attached hydrogens (tertiary/aromatic N) is 1. The Kier molecular flexibility index (Phi) is 2.93. The van der Waals surface area contributed by atoms with Crippen molar-refractivity contribution in [3.8, 4) is 0 Å². The highest BCUT2D eigenvalue weighted by atomic mass is 35.5. The fourth-order valence-electron chi connectivity index (χ4n) is 3.17. The summed E-state index contributed by atoms with van der Waals surface area (Å²) in [5.74, 6) is 0.444. The van der Waals surface area contributed by atoms with Gasteiger partial charge in [-0.05, 0) is 30.5 Å². The molecular weight excluding hydrogens is 234 g/mol. The van der Waals surface area contributed by atoms with Gasteiger partial charge in [-0.3, -0.25) is 9.69 Å². The first kappa shape index (κ1) is 11.2. The maximum Gasteiger partial charge on any atom is 0.136 e. The summed E-state index contributed by atoms with van der Waals surface area (Å²) < 4.78 is 0. The molecule has 2 nitrogen and oxygen atoms in total. The summed E-state index contributed by atoms with van der Waals surface area (Å²) in [4.78, 5) is 14.0. The zero-order chi connectivity index (χ0) is 11.8. The van der Waals surface area contributed by atoms with Crippen LogP contribution in [0.15, 0.2) is 24.3 Å². The molecule has 1 aromatic rings. The van der Waals surface area contributed by atoms with Crippen LogP contribution in [0, 0.1) is 0 Å². The molecule has 90 valence electrons. The minimum atomic E-state index is 0.444. The highest BCUT2D eigenvalue weighted by molar-refractivity contribution is 6.30. The lowest BCUT2D eigenvalue weighted by Gasteiger charge is -2.33. The van der Waals surface area contributed by atoms with E-state index in [1.165, 1.54) is 18.4 Å². The second-order valence-electron chi connectivity index (χ2n) is 5.13. The van der Waals surface area contributed by atoms with Crippen LogP contribution < -0.4 is 0 Å². The van der Waals surface area contributed by atoms with Crippen molar-refractivity contribution in [2.24, 2.45) is 0 Å². The minimum absolute atomic E-state index is 0.444. The van der Waals surface area contributed by atoms with Crippen LogP contribution in [0.4, 0.5) is 0 Å². The first-order chi connectivity index (χ1) is 8.22. The Balaban J connectivity index is 1.76. The van der Waals surface area contributed by atoms with E-state index in [0.29, 0.717) is 17.9 Å². The molecule has 3 heteroatoms. The Labute approximate surface area is 107 Å². The van der Waals surface area contributed by atoms with Crippen LogP contribution in [0.5, 0.6) is 0 Å². The van der Waals surface area contributed by atoms with Crippen molar-refractivity contribution in [1.29, 1.82) is 0 Å². The Morgan fingerprint density at radius 3 is 2.59 bits per heavy atom. The molecule has 2 aliphatic rings. The molecule has 2 fully saturated rings. The normalized spacial score (nSPS) is 28.6. The van der Waals surface area contributed by atoms with Gasteiger partial charge in [-0.1, -0.05) is 23.7 Å². The summed E-state index contributed by atoms with van der Waals surface area (Å²) >= 11 is 6.00. The average molecular weight is 250 g/mol. The van der Waals surface area contributed by atoms with E-state index in [9.17, 15) is 4.79 Å². The molecule has 2 bridgehead atoms. The third-order valence-corrected chi connectivity index (χ3v) is 4.19. The number of ketones is 1. The van der Waals surface area contributed by atoms with Crippen LogP contribution in [-0.2, 0) is 11.3 Å². The molecule has 0 spiro atoms. The minimum Gasteiger partial charge on any atom is -0.300 e. The van der Waals surface area contributed by atoms with E-state index in [2.05, 4.69) is 11.0 Å². The van der Waals surface area contributed by atoms with Crippen LogP contribution in [-0.4, -0.2) is 22.8 Å². The number of hydrogen-bond acceptors (Lipinski definition) is 2. The van der Waals surface area contributed by atoms with Gasteiger partial charge in [0, 0.05) is 36.5 Å². The summed E-state index contributed by atoms with van der Waals surface area (Å²) in [6, 6.07) is 8.98. The molecule has 17 heavy (non-hydrogen) atoms. The molecule has 0 N–H and O–H groups in total. The van der Waals surface area contributed by atoms with Gasteiger partial charge in [0.05, 0.1) is 0 Å². The molecule has 2 unspecified atom stereocenters. The van der Waals surface area contributed by atoms with Crippen LogP contribution >= 0.6 is 11.6 Å². The van der Waals surface area contributed by atoms with Gasteiger partial charge in [-0.25, -0.2) is 0 Å². The van der Waals surface area contributed by atoms with Crippen molar-refractivity contribution in [1.82, 2.24) is 4.90 Å². The first-order valence-corrected chi connectivity index (χ1v) is 6.62. The number of carbonyl (C=O) groups excluding carboxylic acids is 1. The summed E-state index contributed by atoms with van der Waals surface area (Å²) in [5, 5.41) is 0.794. The van der Waals surface area contributed by atoms with E-state index in [4.69, 9.17) is 11.6 Å². The Morgan fingerprint density at radius 2 is 1.94 bits per heavy atom. The maximum atomic E-state index is 11.5. The predicted molar refractivity (Wildman–Crippen MR) is 68.0 cm³/mol. The summed E-state index contributed by atoms with van der Waals surface area (Å²) in [7, 11) is 0. The highest BCUT2D eigenvalue weighted by Gasteiger charge is 2.39. The van der Waals surface area contributed by atoms with Crippen LogP contribution in [0.25, 0.3) is 0 Å². The quantitative estimate of drug-likeness (QED) is 0.803. The number of rotatable bonds is 2. The van der Waals surface area contributed by atoms with E-state index < -0.39 is 0 Å². The molecule has 3 rings (SSSR count). The summed E-state index contributed by atoms with van der Waals surface area (Å²) in [6.07, 6.45) is 3.85. The van der Waals surface area contributed by atoms with Crippen molar-refractivity contribution in [3.05, 3.63) is 34.9 Å². The van der Waals surface area contributed by atoms with Gasteiger partial charge in [0.25, 0.3) is 0 Å². The molecule has 0 aromatic heterocycles. The molecule has 2 saturated heterocycles. The second-order valence-corrected chi connectivity index (χ2v) is 5.57. The van der Waals surface area contributed by atoms with Gasteiger partial charge in [0.1, 0.15) is 5.78 Å². The molecule has 2 heterocycles. The molecule has 0 radical (unpaired) electrons. The van der Waals surface area contributed by atoms with Crippen molar-refractivity contribution < 1.29 is 4.79 Å². The van der Waals surface area contributed by atoms with Gasteiger partial charge >= 0.3 is 0 Å². The average Bonchev–Trinajstić information content (AvgIpc) is 2.54. The summed E-state index contributed by atoms with van der Waals surface area (Å²) in [6.45, 7) is 0.934. The van der Waals surface area contributed by atoms with E-state index in [1.54, 1.807) is 0 Å². The lowest BCUT2D eigenvalue weighted by Crippen LogP contribution is -2.42. The van der Waals surface area contributed by atoms with Crippen LogP contribution in [0.2, 0.25) is 5.02 Å². The standard InChI is InChI=1S/C14H16ClNO/c15-11-3-1-2-10(6-11)9-16-12-4-5-13(16)8-14(17)7-12/h1-3,6,12-13H,4-5,7-9H2. The molecular formula is C14H16ClNO. The Bertz CT molecular complexity index is 430. The van der Waals surface area contributed by atoms with Gasteiger partial charge < -0.3 is 0 Å². The first-order valence-electron chi connectivity index (χ1n) is 6.24. The molecule has 2 aliphatic heterocycles. The zero-order valence-corrected chi connectivity index (χ0v) is 10.5. The summed E-state index contributed by atoms with van der Waals surface area (Å²) in [5.41, 5.74) is 1.25. The Morgan fingerprint density at radius 1 is 1.24 bits per heavy atom. The van der Waals surface area contributed by atoms with E-state index >= 15 is 0 Å². The molecule has 0 saturated carbocycles.